The second-order valence-electron chi connectivity index (χ2n) is 3.94. The topological polar surface area (TPSA) is 39.1 Å². The minimum absolute atomic E-state index is 0.860. The van der Waals surface area contributed by atoms with Gasteiger partial charge in [0.05, 0.1) is 5.69 Å². The molecule has 0 radical (unpaired) electrons. The van der Waals surface area contributed by atoms with Gasteiger partial charge in [0.1, 0.15) is 0 Å². The van der Waals surface area contributed by atoms with Gasteiger partial charge in [-0.2, -0.15) is 5.10 Å². The van der Waals surface area contributed by atoms with Crippen LogP contribution in [0.1, 0.15) is 31.9 Å². The van der Waals surface area contributed by atoms with Crippen molar-refractivity contribution in [3.63, 3.8) is 0 Å². The summed E-state index contributed by atoms with van der Waals surface area (Å²) in [5.41, 5.74) is 1.21. The second-order valence-corrected chi connectivity index (χ2v) is 3.94. The van der Waals surface area contributed by atoms with E-state index in [1.807, 2.05) is 24.0 Å². The highest BCUT2D eigenvalue weighted by atomic mass is 16.5. The lowest BCUT2D eigenvalue weighted by Crippen LogP contribution is -2.18. The van der Waals surface area contributed by atoms with Crippen LogP contribution < -0.4 is 5.32 Å². The fourth-order valence-electron chi connectivity index (χ4n) is 1.44. The molecule has 0 unspecified atom stereocenters. The fourth-order valence-corrected chi connectivity index (χ4v) is 1.44. The van der Waals surface area contributed by atoms with Crippen LogP contribution in [-0.2, 0) is 18.3 Å². The summed E-state index contributed by atoms with van der Waals surface area (Å²) in [6.45, 7) is 5.82. The van der Waals surface area contributed by atoms with E-state index in [9.17, 15) is 0 Å². The van der Waals surface area contributed by atoms with Crippen molar-refractivity contribution in [1.29, 1.82) is 0 Å². The van der Waals surface area contributed by atoms with Gasteiger partial charge < -0.3 is 10.1 Å². The summed E-state index contributed by atoms with van der Waals surface area (Å²) in [5, 5.41) is 7.50. The number of rotatable bonds is 9. The number of aromatic nitrogens is 2. The lowest BCUT2D eigenvalue weighted by molar-refractivity contribution is 0.128. The maximum Gasteiger partial charge on any atom is 0.0518 e. The smallest absolute Gasteiger partial charge is 0.0518 e. The first kappa shape index (κ1) is 13.2. The highest BCUT2D eigenvalue weighted by molar-refractivity contribution is 4.98. The van der Waals surface area contributed by atoms with Crippen molar-refractivity contribution in [1.82, 2.24) is 15.1 Å². The van der Waals surface area contributed by atoms with Crippen LogP contribution >= 0.6 is 0 Å². The van der Waals surface area contributed by atoms with Gasteiger partial charge in [-0.3, -0.25) is 4.68 Å². The number of aryl methyl sites for hydroxylation is 1. The van der Waals surface area contributed by atoms with Crippen LogP contribution in [0.15, 0.2) is 12.3 Å². The van der Waals surface area contributed by atoms with E-state index in [0.29, 0.717) is 0 Å². The van der Waals surface area contributed by atoms with Crippen LogP contribution in [0.25, 0.3) is 0 Å². The van der Waals surface area contributed by atoms with Crippen LogP contribution in [0, 0.1) is 0 Å². The third-order valence-corrected chi connectivity index (χ3v) is 2.51. The van der Waals surface area contributed by atoms with E-state index in [2.05, 4.69) is 17.3 Å². The predicted molar refractivity (Wildman–Crippen MR) is 65.3 cm³/mol. The predicted octanol–water partition coefficient (Wildman–Crippen LogP) is 1.72. The third kappa shape index (κ3) is 5.28. The molecule has 92 valence electrons. The van der Waals surface area contributed by atoms with Gasteiger partial charge in [-0.25, -0.2) is 0 Å². The van der Waals surface area contributed by atoms with Gasteiger partial charge >= 0.3 is 0 Å². The van der Waals surface area contributed by atoms with Crippen LogP contribution in [0.3, 0.4) is 0 Å². The zero-order chi connectivity index (χ0) is 11.6. The SMILES string of the molecule is CCCCOCCCNCc1ccnn1C. The zero-order valence-electron chi connectivity index (χ0n) is 10.4. The molecular weight excluding hydrogens is 202 g/mol. The summed E-state index contributed by atoms with van der Waals surface area (Å²) >= 11 is 0. The van der Waals surface area contributed by atoms with Gasteiger partial charge in [0.15, 0.2) is 0 Å². The maximum atomic E-state index is 5.48. The van der Waals surface area contributed by atoms with Crippen molar-refractivity contribution in [3.8, 4) is 0 Å². The molecule has 0 atom stereocenters. The third-order valence-electron chi connectivity index (χ3n) is 2.51. The number of nitrogens with one attached hydrogen (secondary N) is 1. The zero-order valence-corrected chi connectivity index (χ0v) is 10.4. The number of ether oxygens (including phenoxy) is 1. The first-order chi connectivity index (χ1) is 7.84. The van der Waals surface area contributed by atoms with E-state index in [1.54, 1.807) is 0 Å². The van der Waals surface area contributed by atoms with Gasteiger partial charge in [0.25, 0.3) is 0 Å². The van der Waals surface area contributed by atoms with Crippen molar-refractivity contribution < 1.29 is 4.74 Å². The molecule has 0 amide bonds. The maximum absolute atomic E-state index is 5.48. The summed E-state index contributed by atoms with van der Waals surface area (Å²) in [5.74, 6) is 0. The van der Waals surface area contributed by atoms with Gasteiger partial charge in [-0.05, 0) is 25.5 Å². The summed E-state index contributed by atoms with van der Waals surface area (Å²) in [7, 11) is 1.96. The summed E-state index contributed by atoms with van der Waals surface area (Å²) < 4.78 is 7.37. The molecule has 0 aromatic carbocycles. The molecule has 0 fully saturated rings. The van der Waals surface area contributed by atoms with E-state index < -0.39 is 0 Å². The largest absolute Gasteiger partial charge is 0.381 e. The Morgan fingerprint density at radius 3 is 2.88 bits per heavy atom. The quantitative estimate of drug-likeness (QED) is 0.650. The highest BCUT2D eigenvalue weighted by Gasteiger charge is 1.96. The highest BCUT2D eigenvalue weighted by Crippen LogP contribution is 1.95. The van der Waals surface area contributed by atoms with Gasteiger partial charge in [0.2, 0.25) is 0 Å². The molecule has 0 aliphatic heterocycles. The Morgan fingerprint density at radius 1 is 1.38 bits per heavy atom. The molecule has 0 spiro atoms. The standard InChI is InChI=1S/C12H23N3O/c1-3-4-9-16-10-5-7-13-11-12-6-8-14-15(12)2/h6,8,13H,3-5,7,9-11H2,1-2H3. The molecule has 1 aromatic heterocycles. The molecule has 4 nitrogen and oxygen atoms in total. The van der Waals surface area contributed by atoms with Crippen LogP contribution in [0.2, 0.25) is 0 Å². The van der Waals surface area contributed by atoms with Crippen LogP contribution in [-0.4, -0.2) is 29.5 Å². The Kier molecular flexibility index (Phi) is 6.85. The molecule has 0 saturated heterocycles. The van der Waals surface area contributed by atoms with E-state index in [0.717, 1.165) is 32.7 Å². The van der Waals surface area contributed by atoms with Gasteiger partial charge in [-0.15, -0.1) is 0 Å². The number of nitrogens with zero attached hydrogens (tertiary/aromatic N) is 2. The van der Waals surface area contributed by atoms with E-state index in [-0.39, 0.29) is 0 Å². The number of unbranched alkanes of at least 4 members (excludes halogenated alkanes) is 1. The Hall–Kier alpha value is -0.870. The summed E-state index contributed by atoms with van der Waals surface area (Å²) in [6, 6.07) is 2.03. The lowest BCUT2D eigenvalue weighted by atomic mass is 10.3. The monoisotopic (exact) mass is 225 g/mol. The van der Waals surface area contributed by atoms with E-state index in [1.165, 1.54) is 18.5 Å². The fraction of sp³-hybridized carbons (Fsp3) is 0.750. The molecule has 0 bridgehead atoms. The van der Waals surface area contributed by atoms with Crippen molar-refractivity contribution >= 4 is 0 Å². The lowest BCUT2D eigenvalue weighted by Gasteiger charge is -2.05. The van der Waals surface area contributed by atoms with Crippen molar-refractivity contribution in [2.75, 3.05) is 19.8 Å². The van der Waals surface area contributed by atoms with Crippen molar-refractivity contribution in [2.24, 2.45) is 7.05 Å². The van der Waals surface area contributed by atoms with Crippen LogP contribution in [0.4, 0.5) is 0 Å². The van der Waals surface area contributed by atoms with Gasteiger partial charge in [0, 0.05) is 33.0 Å². The Bertz CT molecular complexity index is 273. The second kappa shape index (κ2) is 8.30. The first-order valence-electron chi connectivity index (χ1n) is 6.10. The minimum Gasteiger partial charge on any atom is -0.381 e. The molecule has 0 aliphatic rings. The summed E-state index contributed by atoms with van der Waals surface area (Å²) in [6.07, 6.45) is 5.27. The van der Waals surface area contributed by atoms with Crippen molar-refractivity contribution in [3.05, 3.63) is 18.0 Å². The molecule has 0 aliphatic carbocycles. The molecule has 16 heavy (non-hydrogen) atoms. The average molecular weight is 225 g/mol. The molecule has 4 heteroatoms. The molecule has 1 N–H and O–H groups in total. The molecular formula is C12H23N3O. The average Bonchev–Trinajstić information content (AvgIpc) is 2.68. The van der Waals surface area contributed by atoms with Gasteiger partial charge in [-0.1, -0.05) is 13.3 Å². The number of hydrogen-bond donors (Lipinski definition) is 1. The van der Waals surface area contributed by atoms with E-state index >= 15 is 0 Å². The Morgan fingerprint density at radius 2 is 2.19 bits per heavy atom. The van der Waals surface area contributed by atoms with Crippen molar-refractivity contribution in [2.45, 2.75) is 32.7 Å². The molecule has 1 heterocycles. The first-order valence-corrected chi connectivity index (χ1v) is 6.10. The number of hydrogen-bond acceptors (Lipinski definition) is 3. The summed E-state index contributed by atoms with van der Waals surface area (Å²) in [4.78, 5) is 0. The van der Waals surface area contributed by atoms with E-state index in [4.69, 9.17) is 4.74 Å². The normalized spacial score (nSPS) is 10.9. The van der Waals surface area contributed by atoms with Crippen LogP contribution in [0.5, 0.6) is 0 Å². The molecule has 1 rings (SSSR count). The minimum atomic E-state index is 0.860. The Labute approximate surface area is 98.0 Å². The Balaban J connectivity index is 1.91. The molecule has 0 saturated carbocycles. The molecule has 1 aromatic rings.